The summed E-state index contributed by atoms with van der Waals surface area (Å²) in [5.41, 5.74) is 3.57. The highest BCUT2D eigenvalue weighted by Gasteiger charge is 2.18. The maximum absolute atomic E-state index is 11.8. The second kappa shape index (κ2) is 7.07. The van der Waals surface area contributed by atoms with Gasteiger partial charge in [-0.05, 0) is 31.5 Å². The molecule has 1 aliphatic heterocycles. The molecule has 0 amide bonds. The van der Waals surface area contributed by atoms with Crippen LogP contribution in [-0.4, -0.2) is 42.2 Å². The van der Waals surface area contributed by atoms with Gasteiger partial charge in [-0.1, -0.05) is 29.0 Å². The number of thiazole rings is 1. The van der Waals surface area contributed by atoms with Gasteiger partial charge in [0.2, 0.25) is 0 Å². The maximum atomic E-state index is 11.8. The van der Waals surface area contributed by atoms with E-state index in [0.717, 1.165) is 50.0 Å². The van der Waals surface area contributed by atoms with E-state index in [1.165, 1.54) is 22.6 Å². The van der Waals surface area contributed by atoms with Crippen LogP contribution in [0.25, 0.3) is 0 Å². The second-order valence-corrected chi connectivity index (χ2v) is 7.31. The Labute approximate surface area is 145 Å². The van der Waals surface area contributed by atoms with Gasteiger partial charge in [-0.15, -0.1) is 0 Å². The van der Waals surface area contributed by atoms with Crippen molar-refractivity contribution in [3.8, 4) is 0 Å². The van der Waals surface area contributed by atoms with Gasteiger partial charge in [0.1, 0.15) is 0 Å². The number of anilines is 1. The summed E-state index contributed by atoms with van der Waals surface area (Å²) in [6.07, 6.45) is 0. The first-order valence-corrected chi connectivity index (χ1v) is 9.19. The number of piperazine rings is 1. The quantitative estimate of drug-likeness (QED) is 0.847. The highest BCUT2D eigenvalue weighted by molar-refractivity contribution is 7.07. The van der Waals surface area contributed by atoms with E-state index in [4.69, 9.17) is 11.6 Å². The van der Waals surface area contributed by atoms with Crippen LogP contribution in [0.5, 0.6) is 0 Å². The third-order valence-electron chi connectivity index (χ3n) is 4.50. The molecule has 2 heterocycles. The van der Waals surface area contributed by atoms with Crippen molar-refractivity contribution in [1.82, 2.24) is 9.47 Å². The molecule has 1 saturated heterocycles. The van der Waals surface area contributed by atoms with E-state index >= 15 is 0 Å². The lowest BCUT2D eigenvalue weighted by Gasteiger charge is -2.37. The van der Waals surface area contributed by atoms with Crippen LogP contribution in [0, 0.1) is 13.8 Å². The maximum Gasteiger partial charge on any atom is 0.307 e. The molecule has 2 aromatic rings. The molecule has 4 nitrogen and oxygen atoms in total. The Kier molecular flexibility index (Phi) is 5.09. The molecule has 3 rings (SSSR count). The van der Waals surface area contributed by atoms with Crippen LogP contribution in [0.15, 0.2) is 28.4 Å². The first-order chi connectivity index (χ1) is 11.0. The van der Waals surface area contributed by atoms with Crippen molar-refractivity contribution >= 4 is 28.6 Å². The molecule has 23 heavy (non-hydrogen) atoms. The Morgan fingerprint density at radius 2 is 1.87 bits per heavy atom. The highest BCUT2D eigenvalue weighted by Crippen LogP contribution is 2.25. The molecular weight excluding hydrogens is 330 g/mol. The van der Waals surface area contributed by atoms with Crippen molar-refractivity contribution in [3.05, 3.63) is 49.5 Å². The van der Waals surface area contributed by atoms with Gasteiger partial charge in [0.15, 0.2) is 0 Å². The van der Waals surface area contributed by atoms with E-state index < -0.39 is 0 Å². The van der Waals surface area contributed by atoms with Crippen LogP contribution in [-0.2, 0) is 6.54 Å². The minimum absolute atomic E-state index is 0.149. The second-order valence-electron chi connectivity index (χ2n) is 6.05. The zero-order valence-electron chi connectivity index (χ0n) is 13.6. The Bertz CT molecular complexity index is 732. The van der Waals surface area contributed by atoms with Crippen molar-refractivity contribution in [2.75, 3.05) is 37.6 Å². The summed E-state index contributed by atoms with van der Waals surface area (Å²) in [7, 11) is 0. The third kappa shape index (κ3) is 3.79. The van der Waals surface area contributed by atoms with Crippen LogP contribution in [0.2, 0.25) is 5.02 Å². The molecule has 124 valence electrons. The number of hydrogen-bond donors (Lipinski definition) is 0. The SMILES string of the molecule is Cc1ccc(Cl)cc1N1CCN(CCn2c(C)csc2=O)CC1. The Balaban J connectivity index is 1.56. The fourth-order valence-corrected chi connectivity index (χ4v) is 3.98. The molecule has 0 aliphatic carbocycles. The van der Waals surface area contributed by atoms with Gasteiger partial charge < -0.3 is 9.47 Å². The molecular formula is C17H22ClN3OS. The summed E-state index contributed by atoms with van der Waals surface area (Å²) < 4.78 is 1.87. The number of aryl methyl sites for hydroxylation is 2. The largest absolute Gasteiger partial charge is 0.369 e. The van der Waals surface area contributed by atoms with Crippen molar-refractivity contribution in [2.45, 2.75) is 20.4 Å². The molecule has 0 spiro atoms. The average Bonchev–Trinajstić information content (AvgIpc) is 2.87. The summed E-state index contributed by atoms with van der Waals surface area (Å²) in [5, 5.41) is 2.72. The molecule has 0 radical (unpaired) electrons. The van der Waals surface area contributed by atoms with Gasteiger partial charge >= 0.3 is 4.87 Å². The number of benzene rings is 1. The van der Waals surface area contributed by atoms with E-state index in [2.05, 4.69) is 28.9 Å². The molecule has 1 aromatic heterocycles. The van der Waals surface area contributed by atoms with E-state index in [1.54, 1.807) is 0 Å². The van der Waals surface area contributed by atoms with Crippen molar-refractivity contribution < 1.29 is 0 Å². The number of hydrogen-bond acceptors (Lipinski definition) is 4. The van der Waals surface area contributed by atoms with Crippen LogP contribution in [0.4, 0.5) is 5.69 Å². The summed E-state index contributed by atoms with van der Waals surface area (Å²) in [6, 6.07) is 6.08. The Morgan fingerprint density at radius 1 is 1.13 bits per heavy atom. The minimum Gasteiger partial charge on any atom is -0.369 e. The fraction of sp³-hybridized carbons (Fsp3) is 0.471. The van der Waals surface area contributed by atoms with Crippen molar-refractivity contribution in [2.24, 2.45) is 0 Å². The van der Waals surface area contributed by atoms with Crippen LogP contribution in [0.3, 0.4) is 0 Å². The molecule has 0 saturated carbocycles. The van der Waals surface area contributed by atoms with Gasteiger partial charge in [0, 0.05) is 61.1 Å². The molecule has 0 N–H and O–H groups in total. The van der Waals surface area contributed by atoms with Gasteiger partial charge in [-0.25, -0.2) is 0 Å². The highest BCUT2D eigenvalue weighted by atomic mass is 35.5. The summed E-state index contributed by atoms with van der Waals surface area (Å²) in [4.78, 5) is 16.7. The fourth-order valence-electron chi connectivity index (χ4n) is 3.05. The van der Waals surface area contributed by atoms with Crippen LogP contribution < -0.4 is 9.77 Å². The van der Waals surface area contributed by atoms with E-state index in [0.29, 0.717) is 0 Å². The lowest BCUT2D eigenvalue weighted by Crippen LogP contribution is -2.47. The number of aromatic nitrogens is 1. The predicted molar refractivity (Wildman–Crippen MR) is 98.2 cm³/mol. The summed E-state index contributed by atoms with van der Waals surface area (Å²) in [6.45, 7) is 9.87. The Hall–Kier alpha value is -1.30. The lowest BCUT2D eigenvalue weighted by molar-refractivity contribution is 0.247. The van der Waals surface area contributed by atoms with Crippen molar-refractivity contribution in [1.29, 1.82) is 0 Å². The number of rotatable bonds is 4. The Morgan fingerprint density at radius 3 is 2.52 bits per heavy atom. The zero-order valence-corrected chi connectivity index (χ0v) is 15.2. The monoisotopic (exact) mass is 351 g/mol. The molecule has 0 atom stereocenters. The molecule has 0 bridgehead atoms. The third-order valence-corrected chi connectivity index (χ3v) is 5.62. The number of halogens is 1. The number of nitrogens with zero attached hydrogens (tertiary/aromatic N) is 3. The lowest BCUT2D eigenvalue weighted by atomic mass is 10.1. The van der Waals surface area contributed by atoms with Crippen LogP contribution >= 0.6 is 22.9 Å². The molecule has 0 unspecified atom stereocenters. The summed E-state index contributed by atoms with van der Waals surface area (Å²) in [5.74, 6) is 0. The predicted octanol–water partition coefficient (Wildman–Crippen LogP) is 3.00. The van der Waals surface area contributed by atoms with Gasteiger partial charge in [0.05, 0.1) is 0 Å². The topological polar surface area (TPSA) is 28.5 Å². The van der Waals surface area contributed by atoms with Crippen molar-refractivity contribution in [3.63, 3.8) is 0 Å². The van der Waals surface area contributed by atoms with E-state index in [-0.39, 0.29) is 4.87 Å². The van der Waals surface area contributed by atoms with E-state index in [9.17, 15) is 4.79 Å². The smallest absolute Gasteiger partial charge is 0.307 e. The summed E-state index contributed by atoms with van der Waals surface area (Å²) >= 11 is 7.42. The molecule has 1 fully saturated rings. The van der Waals surface area contributed by atoms with Crippen LogP contribution in [0.1, 0.15) is 11.3 Å². The first kappa shape index (κ1) is 16.6. The minimum atomic E-state index is 0.149. The molecule has 1 aliphatic rings. The zero-order chi connectivity index (χ0) is 16.4. The van der Waals surface area contributed by atoms with E-state index in [1.807, 2.05) is 22.9 Å². The first-order valence-electron chi connectivity index (χ1n) is 7.93. The van der Waals surface area contributed by atoms with Gasteiger partial charge in [-0.3, -0.25) is 9.69 Å². The molecule has 6 heteroatoms. The van der Waals surface area contributed by atoms with Gasteiger partial charge in [-0.2, -0.15) is 0 Å². The average molecular weight is 352 g/mol. The van der Waals surface area contributed by atoms with Gasteiger partial charge in [0.25, 0.3) is 0 Å². The normalized spacial score (nSPS) is 16.0. The molecule has 1 aromatic carbocycles. The standard InChI is InChI=1S/C17H22ClN3OS/c1-13-3-4-15(18)11-16(13)20-8-5-19(6-9-20)7-10-21-14(2)12-23-17(21)22/h3-4,11-12H,5-10H2,1-2H3.